The van der Waals surface area contributed by atoms with Gasteiger partial charge in [-0.25, -0.2) is 4.98 Å². The van der Waals surface area contributed by atoms with E-state index < -0.39 is 0 Å². The number of fused-ring (bicyclic) bond motifs is 1. The molecule has 2 aromatic carbocycles. The quantitative estimate of drug-likeness (QED) is 0.714. The molecule has 1 aromatic heterocycles. The summed E-state index contributed by atoms with van der Waals surface area (Å²) in [6.45, 7) is 1.55. The van der Waals surface area contributed by atoms with E-state index in [0.717, 1.165) is 34.5 Å². The maximum Gasteiger partial charge on any atom is 0.130 e. The SMILES string of the molecule is CN(C)CCOc1cc(-c2ccccc2)nc2ccccc12. The van der Waals surface area contributed by atoms with Crippen molar-refractivity contribution in [1.82, 2.24) is 9.88 Å². The van der Waals surface area contributed by atoms with Gasteiger partial charge in [0, 0.05) is 23.6 Å². The molecule has 3 nitrogen and oxygen atoms in total. The van der Waals surface area contributed by atoms with E-state index in [2.05, 4.69) is 23.1 Å². The molecule has 0 N–H and O–H groups in total. The highest BCUT2D eigenvalue weighted by molar-refractivity contribution is 5.87. The molecule has 0 saturated carbocycles. The Morgan fingerprint density at radius 2 is 1.68 bits per heavy atom. The number of hydrogen-bond acceptors (Lipinski definition) is 3. The van der Waals surface area contributed by atoms with Crippen LogP contribution in [0.1, 0.15) is 0 Å². The van der Waals surface area contributed by atoms with Crippen LogP contribution in [0.15, 0.2) is 60.7 Å². The highest BCUT2D eigenvalue weighted by Gasteiger charge is 2.08. The lowest BCUT2D eigenvalue weighted by atomic mass is 10.1. The Labute approximate surface area is 131 Å². The van der Waals surface area contributed by atoms with E-state index in [0.29, 0.717) is 6.61 Å². The normalized spacial score (nSPS) is 11.0. The van der Waals surface area contributed by atoms with Crippen LogP contribution >= 0.6 is 0 Å². The molecule has 0 spiro atoms. The van der Waals surface area contributed by atoms with E-state index >= 15 is 0 Å². The third-order valence-electron chi connectivity index (χ3n) is 3.54. The van der Waals surface area contributed by atoms with Crippen LogP contribution in [0.25, 0.3) is 22.2 Å². The van der Waals surface area contributed by atoms with Crippen LogP contribution in [0.4, 0.5) is 0 Å². The largest absolute Gasteiger partial charge is 0.491 e. The van der Waals surface area contributed by atoms with Crippen molar-refractivity contribution in [2.75, 3.05) is 27.2 Å². The molecule has 0 aliphatic carbocycles. The number of benzene rings is 2. The monoisotopic (exact) mass is 292 g/mol. The molecule has 0 fully saturated rings. The van der Waals surface area contributed by atoms with Crippen molar-refractivity contribution in [3.8, 4) is 17.0 Å². The number of rotatable bonds is 5. The van der Waals surface area contributed by atoms with E-state index in [1.54, 1.807) is 0 Å². The van der Waals surface area contributed by atoms with Crippen molar-refractivity contribution < 1.29 is 4.74 Å². The van der Waals surface area contributed by atoms with Gasteiger partial charge in [0.25, 0.3) is 0 Å². The molecule has 0 aliphatic heterocycles. The van der Waals surface area contributed by atoms with E-state index in [9.17, 15) is 0 Å². The summed E-state index contributed by atoms with van der Waals surface area (Å²) in [5.41, 5.74) is 3.01. The lowest BCUT2D eigenvalue weighted by Gasteiger charge is -2.14. The number of hydrogen-bond donors (Lipinski definition) is 0. The summed E-state index contributed by atoms with van der Waals surface area (Å²) in [7, 11) is 4.09. The Morgan fingerprint density at radius 3 is 2.45 bits per heavy atom. The highest BCUT2D eigenvalue weighted by Crippen LogP contribution is 2.29. The minimum atomic E-state index is 0.662. The molecule has 0 radical (unpaired) electrons. The fourth-order valence-electron chi connectivity index (χ4n) is 2.36. The molecular weight excluding hydrogens is 272 g/mol. The van der Waals surface area contributed by atoms with Gasteiger partial charge in [-0.3, -0.25) is 0 Å². The van der Waals surface area contributed by atoms with Crippen LogP contribution in [0.3, 0.4) is 0 Å². The highest BCUT2D eigenvalue weighted by atomic mass is 16.5. The van der Waals surface area contributed by atoms with Gasteiger partial charge in [0.1, 0.15) is 12.4 Å². The first kappa shape index (κ1) is 14.5. The molecule has 0 atom stereocenters. The Morgan fingerprint density at radius 1 is 0.955 bits per heavy atom. The maximum absolute atomic E-state index is 6.01. The van der Waals surface area contributed by atoms with Crippen LogP contribution in [0, 0.1) is 0 Å². The molecule has 0 unspecified atom stereocenters. The Bertz CT molecular complexity index is 754. The summed E-state index contributed by atoms with van der Waals surface area (Å²) in [5, 5.41) is 1.06. The molecule has 1 heterocycles. The number of pyridine rings is 1. The van der Waals surface area contributed by atoms with Crippen molar-refractivity contribution in [2.45, 2.75) is 0 Å². The smallest absolute Gasteiger partial charge is 0.130 e. The predicted octanol–water partition coefficient (Wildman–Crippen LogP) is 3.84. The molecule has 112 valence electrons. The van der Waals surface area contributed by atoms with Gasteiger partial charge in [-0.05, 0) is 26.2 Å². The molecule has 3 rings (SSSR count). The van der Waals surface area contributed by atoms with Gasteiger partial charge in [-0.2, -0.15) is 0 Å². The second-order valence-corrected chi connectivity index (χ2v) is 5.54. The summed E-state index contributed by atoms with van der Waals surface area (Å²) < 4.78 is 6.01. The zero-order valence-electron chi connectivity index (χ0n) is 13.0. The van der Waals surface area contributed by atoms with Gasteiger partial charge >= 0.3 is 0 Å². The predicted molar refractivity (Wildman–Crippen MR) is 91.2 cm³/mol. The molecule has 3 heteroatoms. The zero-order valence-corrected chi connectivity index (χ0v) is 13.0. The fourth-order valence-corrected chi connectivity index (χ4v) is 2.36. The van der Waals surface area contributed by atoms with E-state index in [1.807, 2.05) is 56.6 Å². The zero-order chi connectivity index (χ0) is 15.4. The molecular formula is C19H20N2O. The molecule has 0 bridgehead atoms. The van der Waals surface area contributed by atoms with Gasteiger partial charge in [0.15, 0.2) is 0 Å². The number of nitrogens with zero attached hydrogens (tertiary/aromatic N) is 2. The molecule has 0 aliphatic rings. The van der Waals surface area contributed by atoms with Crippen molar-refractivity contribution >= 4 is 10.9 Å². The standard InChI is InChI=1S/C19H20N2O/c1-21(2)12-13-22-19-14-18(15-8-4-3-5-9-15)20-17-11-7-6-10-16(17)19/h3-11,14H,12-13H2,1-2H3. The first-order chi connectivity index (χ1) is 10.7. The number of aromatic nitrogens is 1. The number of ether oxygens (including phenoxy) is 1. The third kappa shape index (κ3) is 3.26. The van der Waals surface area contributed by atoms with Crippen LogP contribution in [-0.2, 0) is 0 Å². The van der Waals surface area contributed by atoms with Gasteiger partial charge in [-0.15, -0.1) is 0 Å². The van der Waals surface area contributed by atoms with Gasteiger partial charge in [0.05, 0.1) is 11.2 Å². The van der Waals surface area contributed by atoms with Crippen molar-refractivity contribution in [1.29, 1.82) is 0 Å². The lowest BCUT2D eigenvalue weighted by Crippen LogP contribution is -2.19. The fraction of sp³-hybridized carbons (Fsp3) is 0.211. The number of para-hydroxylation sites is 1. The second-order valence-electron chi connectivity index (χ2n) is 5.54. The minimum Gasteiger partial charge on any atom is -0.491 e. The molecule has 0 saturated heterocycles. The van der Waals surface area contributed by atoms with Gasteiger partial charge < -0.3 is 9.64 Å². The summed E-state index contributed by atoms with van der Waals surface area (Å²) >= 11 is 0. The first-order valence-corrected chi connectivity index (χ1v) is 7.47. The Balaban J connectivity index is 2.01. The third-order valence-corrected chi connectivity index (χ3v) is 3.54. The second kappa shape index (κ2) is 6.58. The Hall–Kier alpha value is -2.39. The average molecular weight is 292 g/mol. The van der Waals surface area contributed by atoms with Crippen molar-refractivity contribution in [2.24, 2.45) is 0 Å². The average Bonchev–Trinajstić information content (AvgIpc) is 2.55. The summed E-state index contributed by atoms with van der Waals surface area (Å²) in [6.07, 6.45) is 0. The van der Waals surface area contributed by atoms with Gasteiger partial charge in [0.2, 0.25) is 0 Å². The van der Waals surface area contributed by atoms with E-state index in [-0.39, 0.29) is 0 Å². The maximum atomic E-state index is 6.01. The molecule has 22 heavy (non-hydrogen) atoms. The van der Waals surface area contributed by atoms with E-state index in [4.69, 9.17) is 9.72 Å². The summed E-state index contributed by atoms with van der Waals surface area (Å²) in [6, 6.07) is 20.4. The lowest BCUT2D eigenvalue weighted by molar-refractivity contribution is 0.263. The van der Waals surface area contributed by atoms with Crippen LogP contribution in [0.5, 0.6) is 5.75 Å². The minimum absolute atomic E-state index is 0.662. The van der Waals surface area contributed by atoms with E-state index in [1.165, 1.54) is 0 Å². The van der Waals surface area contributed by atoms with Crippen molar-refractivity contribution in [3.63, 3.8) is 0 Å². The summed E-state index contributed by atoms with van der Waals surface area (Å²) in [5.74, 6) is 0.895. The van der Waals surface area contributed by atoms with Crippen LogP contribution < -0.4 is 4.74 Å². The van der Waals surface area contributed by atoms with Crippen LogP contribution in [0.2, 0.25) is 0 Å². The molecule has 0 amide bonds. The van der Waals surface area contributed by atoms with Crippen LogP contribution in [-0.4, -0.2) is 37.1 Å². The van der Waals surface area contributed by atoms with Gasteiger partial charge in [-0.1, -0.05) is 42.5 Å². The summed E-state index contributed by atoms with van der Waals surface area (Å²) in [4.78, 5) is 6.87. The molecule has 3 aromatic rings. The number of likely N-dealkylation sites (N-methyl/N-ethyl adjacent to an activating group) is 1. The van der Waals surface area contributed by atoms with Crippen molar-refractivity contribution in [3.05, 3.63) is 60.7 Å². The first-order valence-electron chi connectivity index (χ1n) is 7.47. The topological polar surface area (TPSA) is 25.4 Å². The Kier molecular flexibility index (Phi) is 4.35.